The van der Waals surface area contributed by atoms with Crippen molar-refractivity contribution >= 4 is 25.7 Å². The Balaban J connectivity index is 3.63. The second-order valence-corrected chi connectivity index (χ2v) is 18.6. The molecule has 0 N–H and O–H groups in total. The van der Waals surface area contributed by atoms with E-state index < -0.39 is 25.7 Å². The standard InChI is InChI=1S/C18H42O6Si3/c1-10-16(19-7)25(13-4)22-26(14-5,17(11-2)20-8)24-27(15-6,23-25)18(12-3)21-9/h16-18H,10-15H2,1-9H3. The summed E-state index contributed by atoms with van der Waals surface area (Å²) < 4.78 is 38.8. The quantitative estimate of drug-likeness (QED) is 0.423. The molecule has 27 heavy (non-hydrogen) atoms. The smallest absolute Gasteiger partial charge is 0.350 e. The molecule has 0 saturated carbocycles. The third kappa shape index (κ3) is 4.77. The van der Waals surface area contributed by atoms with Crippen LogP contribution in [-0.2, 0) is 26.6 Å². The minimum absolute atomic E-state index is 0.0213. The van der Waals surface area contributed by atoms with Gasteiger partial charge in [0, 0.05) is 21.3 Å². The normalized spacial score (nSPS) is 35.0. The highest BCUT2D eigenvalue weighted by atomic mass is 28.5. The van der Waals surface area contributed by atoms with Crippen LogP contribution in [0.4, 0.5) is 0 Å². The van der Waals surface area contributed by atoms with Crippen LogP contribution in [0, 0.1) is 0 Å². The van der Waals surface area contributed by atoms with Crippen LogP contribution in [0.3, 0.4) is 0 Å². The molecular weight excluding hydrogens is 396 g/mol. The lowest BCUT2D eigenvalue weighted by Gasteiger charge is -2.57. The molecule has 0 aromatic rings. The van der Waals surface area contributed by atoms with E-state index in [9.17, 15) is 0 Å². The molecule has 0 aromatic heterocycles. The number of methoxy groups -OCH3 is 3. The Morgan fingerprint density at radius 2 is 0.741 bits per heavy atom. The van der Waals surface area contributed by atoms with Crippen LogP contribution >= 0.6 is 0 Å². The third-order valence-electron chi connectivity index (χ3n) is 5.95. The van der Waals surface area contributed by atoms with Crippen molar-refractivity contribution in [2.75, 3.05) is 21.3 Å². The number of rotatable bonds is 12. The van der Waals surface area contributed by atoms with Crippen LogP contribution in [0.2, 0.25) is 18.1 Å². The first-order valence-electron chi connectivity index (χ1n) is 10.6. The van der Waals surface area contributed by atoms with E-state index in [0.717, 1.165) is 37.4 Å². The van der Waals surface area contributed by atoms with Gasteiger partial charge in [-0.05, 0) is 37.4 Å². The number of hydrogen-bond donors (Lipinski definition) is 0. The average Bonchev–Trinajstić information content (AvgIpc) is 2.70. The Morgan fingerprint density at radius 1 is 0.519 bits per heavy atom. The second kappa shape index (κ2) is 11.0. The molecule has 0 radical (unpaired) electrons. The highest BCUT2D eigenvalue weighted by molar-refractivity contribution is 6.95. The average molecular weight is 439 g/mol. The SMILES string of the molecule is CCC(OC)[Si]1(CC)O[Si](CC)(C(CC)OC)O[Si](CC)(C(CC)OC)O1. The number of ether oxygens (including phenoxy) is 3. The van der Waals surface area contributed by atoms with E-state index in [2.05, 4.69) is 41.5 Å². The molecule has 1 fully saturated rings. The van der Waals surface area contributed by atoms with Gasteiger partial charge in [-0.25, -0.2) is 0 Å². The van der Waals surface area contributed by atoms with E-state index in [1.807, 2.05) is 0 Å². The molecule has 1 aliphatic heterocycles. The summed E-state index contributed by atoms with van der Waals surface area (Å²) in [4.78, 5) is 0. The lowest BCUT2D eigenvalue weighted by molar-refractivity contribution is 0.0463. The number of hydrogen-bond acceptors (Lipinski definition) is 6. The van der Waals surface area contributed by atoms with Gasteiger partial charge in [-0.3, -0.25) is 0 Å². The summed E-state index contributed by atoms with van der Waals surface area (Å²) in [6.07, 6.45) is 2.60. The first kappa shape index (κ1) is 25.4. The molecule has 3 atom stereocenters. The largest absolute Gasteiger partial charge is 0.412 e. The van der Waals surface area contributed by atoms with Crippen molar-refractivity contribution in [1.29, 1.82) is 0 Å². The van der Waals surface area contributed by atoms with Gasteiger partial charge in [0.1, 0.15) is 0 Å². The highest BCUT2D eigenvalue weighted by Gasteiger charge is 2.67. The highest BCUT2D eigenvalue weighted by Crippen LogP contribution is 2.43. The van der Waals surface area contributed by atoms with Crippen molar-refractivity contribution in [1.82, 2.24) is 0 Å². The summed E-state index contributed by atoms with van der Waals surface area (Å²) in [7, 11) is -2.71. The zero-order valence-corrected chi connectivity index (χ0v) is 21.9. The maximum absolute atomic E-state index is 7.01. The molecule has 0 bridgehead atoms. The summed E-state index contributed by atoms with van der Waals surface area (Å²) in [5, 5.41) is 0. The van der Waals surface area contributed by atoms with Crippen LogP contribution in [-0.4, -0.2) is 64.2 Å². The van der Waals surface area contributed by atoms with Crippen LogP contribution in [0.15, 0.2) is 0 Å². The van der Waals surface area contributed by atoms with E-state index in [1.165, 1.54) is 0 Å². The van der Waals surface area contributed by atoms with Crippen LogP contribution < -0.4 is 0 Å². The van der Waals surface area contributed by atoms with Crippen molar-refractivity contribution in [3.05, 3.63) is 0 Å². The van der Waals surface area contributed by atoms with Crippen molar-refractivity contribution < 1.29 is 26.6 Å². The van der Waals surface area contributed by atoms with Gasteiger partial charge in [0.2, 0.25) is 0 Å². The van der Waals surface area contributed by atoms with Crippen LogP contribution in [0.25, 0.3) is 0 Å². The topological polar surface area (TPSA) is 55.4 Å². The van der Waals surface area contributed by atoms with Gasteiger partial charge in [0.25, 0.3) is 0 Å². The van der Waals surface area contributed by atoms with Gasteiger partial charge < -0.3 is 26.6 Å². The van der Waals surface area contributed by atoms with Gasteiger partial charge >= 0.3 is 25.7 Å². The molecule has 0 aliphatic carbocycles. The van der Waals surface area contributed by atoms with E-state index in [1.54, 1.807) is 21.3 Å². The molecule has 162 valence electrons. The summed E-state index contributed by atoms with van der Waals surface area (Å²) in [5.41, 5.74) is -0.0640. The zero-order valence-electron chi connectivity index (χ0n) is 18.9. The van der Waals surface area contributed by atoms with E-state index in [0.29, 0.717) is 0 Å². The van der Waals surface area contributed by atoms with Gasteiger partial charge in [-0.15, -0.1) is 0 Å². The molecule has 1 heterocycles. The molecule has 1 aliphatic rings. The van der Waals surface area contributed by atoms with E-state index in [-0.39, 0.29) is 17.2 Å². The van der Waals surface area contributed by atoms with Gasteiger partial charge in [0.15, 0.2) is 0 Å². The summed E-state index contributed by atoms with van der Waals surface area (Å²) in [6, 6.07) is 2.52. The Hall–Kier alpha value is 0.411. The van der Waals surface area contributed by atoms with Crippen LogP contribution in [0.5, 0.6) is 0 Å². The van der Waals surface area contributed by atoms with E-state index >= 15 is 0 Å². The molecule has 0 aromatic carbocycles. The summed E-state index contributed by atoms with van der Waals surface area (Å²) in [5.74, 6) is 0. The van der Waals surface area contributed by atoms with Gasteiger partial charge in [-0.1, -0.05) is 41.5 Å². The Bertz CT molecular complexity index is 360. The predicted octanol–water partition coefficient (Wildman–Crippen LogP) is 4.33. The van der Waals surface area contributed by atoms with Crippen molar-refractivity contribution in [3.63, 3.8) is 0 Å². The molecular formula is C18H42O6Si3. The molecule has 1 saturated heterocycles. The van der Waals surface area contributed by atoms with Crippen LogP contribution in [0.1, 0.15) is 60.8 Å². The molecule has 3 unspecified atom stereocenters. The fourth-order valence-corrected chi connectivity index (χ4v) is 24.0. The van der Waals surface area contributed by atoms with Gasteiger partial charge in [-0.2, -0.15) is 0 Å². The zero-order chi connectivity index (χ0) is 20.7. The minimum atomic E-state index is -2.67. The first-order valence-corrected chi connectivity index (χ1v) is 16.9. The first-order chi connectivity index (χ1) is 12.9. The van der Waals surface area contributed by atoms with Crippen molar-refractivity contribution in [3.8, 4) is 0 Å². The molecule has 0 amide bonds. The van der Waals surface area contributed by atoms with Crippen molar-refractivity contribution in [2.24, 2.45) is 0 Å². The fraction of sp³-hybridized carbons (Fsp3) is 1.00. The lowest BCUT2D eigenvalue weighted by Crippen LogP contribution is -2.79. The molecule has 1 rings (SSSR count). The van der Waals surface area contributed by atoms with E-state index in [4.69, 9.17) is 26.6 Å². The Labute approximate surface area is 170 Å². The molecule has 6 nitrogen and oxygen atoms in total. The Kier molecular flexibility index (Phi) is 10.3. The molecule has 0 spiro atoms. The Morgan fingerprint density at radius 3 is 0.852 bits per heavy atom. The lowest BCUT2D eigenvalue weighted by atomic mass is 10.5. The summed E-state index contributed by atoms with van der Waals surface area (Å²) in [6.45, 7) is 12.9. The van der Waals surface area contributed by atoms with Gasteiger partial charge in [0.05, 0.1) is 17.2 Å². The van der Waals surface area contributed by atoms with Crippen molar-refractivity contribution in [2.45, 2.75) is 96.1 Å². The molecule has 9 heteroatoms. The maximum atomic E-state index is 7.01. The fourth-order valence-electron chi connectivity index (χ4n) is 4.42. The summed E-state index contributed by atoms with van der Waals surface area (Å²) >= 11 is 0. The monoisotopic (exact) mass is 438 g/mol. The maximum Gasteiger partial charge on any atom is 0.350 e. The third-order valence-corrected chi connectivity index (χ3v) is 22.1. The minimum Gasteiger partial charge on any atom is -0.412 e. The predicted molar refractivity (Wildman–Crippen MR) is 115 cm³/mol. The second-order valence-electron chi connectivity index (χ2n) is 7.20.